The third-order valence-electron chi connectivity index (χ3n) is 7.72. The van der Waals surface area contributed by atoms with Crippen molar-refractivity contribution >= 4 is 17.5 Å². The molecule has 1 spiro atoms. The highest BCUT2D eigenvalue weighted by atomic mass is 16.7. The van der Waals surface area contributed by atoms with E-state index < -0.39 is 11.8 Å². The van der Waals surface area contributed by atoms with Gasteiger partial charge in [-0.05, 0) is 62.7 Å². The van der Waals surface area contributed by atoms with Gasteiger partial charge in [0.15, 0.2) is 5.76 Å². The number of nitrogens with zero attached hydrogens (tertiary/aromatic N) is 2. The van der Waals surface area contributed by atoms with Crippen LogP contribution in [0.2, 0.25) is 0 Å². The first-order valence-corrected chi connectivity index (χ1v) is 12.9. The van der Waals surface area contributed by atoms with E-state index in [1.807, 2.05) is 43.3 Å². The molecule has 3 aliphatic heterocycles. The van der Waals surface area contributed by atoms with Crippen molar-refractivity contribution in [1.29, 1.82) is 0 Å². The predicted octanol–water partition coefficient (Wildman–Crippen LogP) is 2.88. The number of likely N-dealkylation sites (tertiary alicyclic amines) is 1. The highest BCUT2D eigenvalue weighted by Gasteiger charge is 2.51. The van der Waals surface area contributed by atoms with Crippen LogP contribution in [0.25, 0.3) is 0 Å². The minimum atomic E-state index is -0.635. The number of anilines is 1. The zero-order valence-corrected chi connectivity index (χ0v) is 21.1. The number of ether oxygens (including phenoxy) is 2. The predicted molar refractivity (Wildman–Crippen MR) is 133 cm³/mol. The largest absolute Gasteiger partial charge is 0.459 e. The zero-order chi connectivity index (χ0) is 25.0. The van der Waals surface area contributed by atoms with Gasteiger partial charge in [0.1, 0.15) is 5.54 Å². The van der Waals surface area contributed by atoms with Gasteiger partial charge in [-0.25, -0.2) is 0 Å². The van der Waals surface area contributed by atoms with E-state index in [1.165, 1.54) is 0 Å². The third-order valence-corrected chi connectivity index (χ3v) is 7.72. The highest BCUT2D eigenvalue weighted by molar-refractivity contribution is 5.95. The maximum absolute atomic E-state index is 13.6. The van der Waals surface area contributed by atoms with Gasteiger partial charge in [0.05, 0.1) is 6.67 Å². The summed E-state index contributed by atoms with van der Waals surface area (Å²) in [7, 11) is 0. The molecule has 3 aliphatic rings. The Labute approximate surface area is 208 Å². The minimum Gasteiger partial charge on any atom is -0.459 e. The molecule has 1 aromatic carbocycles. The van der Waals surface area contributed by atoms with Crippen LogP contribution < -0.4 is 10.2 Å². The molecular weight excluding hydrogens is 446 g/mol. The summed E-state index contributed by atoms with van der Waals surface area (Å²) in [6, 6.07) is 9.96. The number of para-hydroxylation sites is 1. The molecule has 4 rings (SSSR count). The molecular formula is C27H39N3O5. The van der Waals surface area contributed by atoms with Crippen molar-refractivity contribution in [3.63, 3.8) is 0 Å². The fourth-order valence-corrected chi connectivity index (χ4v) is 5.79. The average Bonchev–Trinajstić information content (AvgIpc) is 3.18. The molecule has 2 saturated heterocycles. The Balaban J connectivity index is 1.49. The minimum absolute atomic E-state index is 0.0320. The summed E-state index contributed by atoms with van der Waals surface area (Å²) in [5.74, 6) is 0.750. The molecule has 1 aromatic rings. The molecule has 2 N–H and O–H groups in total. The van der Waals surface area contributed by atoms with Crippen LogP contribution in [0.3, 0.4) is 0 Å². The highest BCUT2D eigenvalue weighted by Crippen LogP contribution is 2.39. The van der Waals surface area contributed by atoms with Gasteiger partial charge in [0.2, 0.25) is 12.2 Å². The Kier molecular flexibility index (Phi) is 8.02. The fraction of sp³-hybridized carbons (Fsp3) is 0.630. The normalized spacial score (nSPS) is 26.0. The molecule has 35 heavy (non-hydrogen) atoms. The van der Waals surface area contributed by atoms with Crippen molar-refractivity contribution in [1.82, 2.24) is 10.2 Å². The lowest BCUT2D eigenvalue weighted by Crippen LogP contribution is -2.57. The van der Waals surface area contributed by atoms with Crippen LogP contribution in [0.4, 0.5) is 5.69 Å². The topological polar surface area (TPSA) is 91.3 Å². The molecule has 3 atom stereocenters. The standard InChI is InChI=1S/C27H39N3O5/c1-4-34-25-21(11-8-16-31)22(19(2)3)17-23(35-25)24(32)29-14-12-27(13-15-29)26(33)28-18-30(27)20-9-6-5-7-10-20/h5-7,9-10,17,19,21-22,25,31H,4,8,11-16,18H2,1-3H3,(H,28,33)/t21-,22-,25-/m0/s1. The second-order valence-corrected chi connectivity index (χ2v) is 10.1. The van der Waals surface area contributed by atoms with E-state index in [1.54, 1.807) is 4.90 Å². The van der Waals surface area contributed by atoms with E-state index in [2.05, 4.69) is 24.1 Å². The number of carbonyl (C=O) groups excluding carboxylic acids is 2. The van der Waals surface area contributed by atoms with Crippen LogP contribution in [0, 0.1) is 17.8 Å². The molecule has 2 amide bonds. The summed E-state index contributed by atoms with van der Waals surface area (Å²) >= 11 is 0. The Bertz CT molecular complexity index is 911. The first-order valence-electron chi connectivity index (χ1n) is 12.9. The molecule has 0 aliphatic carbocycles. The number of nitrogens with one attached hydrogen (secondary N) is 1. The second kappa shape index (κ2) is 11.0. The van der Waals surface area contributed by atoms with Gasteiger partial charge in [0, 0.05) is 37.9 Å². The SMILES string of the molecule is CCO[C@H]1OC(C(=O)N2CCC3(CC2)C(=O)NCN3c2ccccc2)=C[C@@H](C(C)C)[C@@H]1CCCO. The number of aliphatic hydroxyl groups excluding tert-OH is 1. The summed E-state index contributed by atoms with van der Waals surface area (Å²) in [6.07, 6.45) is 4.04. The number of carbonyl (C=O) groups is 2. The van der Waals surface area contributed by atoms with Crippen molar-refractivity contribution in [2.75, 3.05) is 37.9 Å². The van der Waals surface area contributed by atoms with Crippen LogP contribution in [0.15, 0.2) is 42.2 Å². The molecule has 8 nitrogen and oxygen atoms in total. The van der Waals surface area contributed by atoms with E-state index in [4.69, 9.17) is 9.47 Å². The number of benzene rings is 1. The van der Waals surface area contributed by atoms with E-state index in [-0.39, 0.29) is 30.3 Å². The Hall–Kier alpha value is -2.58. The monoisotopic (exact) mass is 485 g/mol. The Morgan fingerprint density at radius 1 is 1.26 bits per heavy atom. The lowest BCUT2D eigenvalue weighted by molar-refractivity contribution is -0.178. The van der Waals surface area contributed by atoms with Crippen LogP contribution >= 0.6 is 0 Å². The molecule has 0 bridgehead atoms. The van der Waals surface area contributed by atoms with Crippen molar-refractivity contribution in [2.24, 2.45) is 17.8 Å². The fourth-order valence-electron chi connectivity index (χ4n) is 5.79. The zero-order valence-electron chi connectivity index (χ0n) is 21.1. The molecule has 3 heterocycles. The average molecular weight is 486 g/mol. The second-order valence-electron chi connectivity index (χ2n) is 10.1. The van der Waals surface area contributed by atoms with Crippen LogP contribution in [-0.2, 0) is 19.1 Å². The first kappa shape index (κ1) is 25.5. The Morgan fingerprint density at radius 2 is 1.97 bits per heavy atom. The number of hydrogen-bond donors (Lipinski definition) is 2. The summed E-state index contributed by atoms with van der Waals surface area (Å²) in [5, 5.41) is 12.4. The van der Waals surface area contributed by atoms with Gasteiger partial charge in [-0.1, -0.05) is 32.0 Å². The van der Waals surface area contributed by atoms with Gasteiger partial charge in [-0.2, -0.15) is 0 Å². The number of aliphatic hydroxyl groups is 1. The molecule has 8 heteroatoms. The number of rotatable bonds is 8. The number of allylic oxidation sites excluding steroid dienone is 1. The summed E-state index contributed by atoms with van der Waals surface area (Å²) in [5.41, 5.74) is 0.376. The number of piperidine rings is 1. The third kappa shape index (κ3) is 5.05. The summed E-state index contributed by atoms with van der Waals surface area (Å²) in [6.45, 7) is 8.27. The van der Waals surface area contributed by atoms with Gasteiger partial charge in [-0.3, -0.25) is 9.59 Å². The molecule has 0 aromatic heterocycles. The molecule has 0 radical (unpaired) electrons. The summed E-state index contributed by atoms with van der Waals surface area (Å²) < 4.78 is 12.1. The van der Waals surface area contributed by atoms with Crippen LogP contribution in [0.1, 0.15) is 46.5 Å². The van der Waals surface area contributed by atoms with Gasteiger partial charge in [0.25, 0.3) is 5.91 Å². The number of hydrogen-bond acceptors (Lipinski definition) is 6. The summed E-state index contributed by atoms with van der Waals surface area (Å²) in [4.78, 5) is 30.4. The van der Waals surface area contributed by atoms with Crippen molar-refractivity contribution in [3.05, 3.63) is 42.2 Å². The molecule has 0 saturated carbocycles. The van der Waals surface area contributed by atoms with E-state index in [0.29, 0.717) is 57.3 Å². The first-order chi connectivity index (χ1) is 16.9. The van der Waals surface area contributed by atoms with Crippen LogP contribution in [0.5, 0.6) is 0 Å². The van der Waals surface area contributed by atoms with Gasteiger partial charge < -0.3 is 29.7 Å². The van der Waals surface area contributed by atoms with E-state index in [9.17, 15) is 14.7 Å². The lowest BCUT2D eigenvalue weighted by Gasteiger charge is -2.44. The van der Waals surface area contributed by atoms with E-state index >= 15 is 0 Å². The quantitative estimate of drug-likeness (QED) is 0.589. The van der Waals surface area contributed by atoms with Gasteiger partial charge in [-0.15, -0.1) is 0 Å². The lowest BCUT2D eigenvalue weighted by atomic mass is 9.78. The van der Waals surface area contributed by atoms with Crippen LogP contribution in [-0.4, -0.2) is 66.6 Å². The van der Waals surface area contributed by atoms with Gasteiger partial charge >= 0.3 is 0 Å². The van der Waals surface area contributed by atoms with Crippen molar-refractivity contribution < 1.29 is 24.2 Å². The molecule has 0 unspecified atom stereocenters. The maximum atomic E-state index is 13.6. The van der Waals surface area contributed by atoms with Crippen molar-refractivity contribution in [3.8, 4) is 0 Å². The van der Waals surface area contributed by atoms with Crippen molar-refractivity contribution in [2.45, 2.75) is 58.3 Å². The molecule has 192 valence electrons. The number of amides is 2. The maximum Gasteiger partial charge on any atom is 0.288 e. The molecule has 2 fully saturated rings. The van der Waals surface area contributed by atoms with E-state index in [0.717, 1.165) is 12.1 Å². The smallest absolute Gasteiger partial charge is 0.288 e. The Morgan fingerprint density at radius 3 is 2.60 bits per heavy atom.